The van der Waals surface area contributed by atoms with Gasteiger partial charge in [0.1, 0.15) is 10.6 Å². The number of carbonyl (C=O) groups excluding carboxylic acids is 1. The van der Waals surface area contributed by atoms with Crippen molar-refractivity contribution in [1.82, 2.24) is 19.2 Å². The van der Waals surface area contributed by atoms with Crippen LogP contribution in [0.4, 0.5) is 0 Å². The zero-order chi connectivity index (χ0) is 19.2. The van der Waals surface area contributed by atoms with E-state index in [9.17, 15) is 13.2 Å². The minimum Gasteiger partial charge on any atom is -0.495 e. The molecule has 1 N–H and O–H groups in total. The van der Waals surface area contributed by atoms with Crippen molar-refractivity contribution in [2.24, 2.45) is 0 Å². The van der Waals surface area contributed by atoms with Crippen LogP contribution in [0.1, 0.15) is 12.0 Å². The number of ether oxygens (including phenoxy) is 1. The van der Waals surface area contributed by atoms with Crippen LogP contribution in [0.3, 0.4) is 0 Å². The molecule has 1 aromatic carbocycles. The minimum atomic E-state index is -3.83. The van der Waals surface area contributed by atoms with Gasteiger partial charge in [-0.25, -0.2) is 13.4 Å². The molecule has 1 aromatic heterocycles. The maximum absolute atomic E-state index is 12.7. The Kier molecular flexibility index (Phi) is 6.76. The van der Waals surface area contributed by atoms with Crippen molar-refractivity contribution in [3.05, 3.63) is 42.5 Å². The highest BCUT2D eigenvalue weighted by Gasteiger charge is 2.26. The van der Waals surface area contributed by atoms with Crippen molar-refractivity contribution >= 4 is 15.9 Å². The molecule has 0 unspecified atom stereocenters. The third-order valence-electron chi connectivity index (χ3n) is 3.85. The van der Waals surface area contributed by atoms with Gasteiger partial charge in [-0.2, -0.15) is 4.31 Å². The van der Waals surface area contributed by atoms with Crippen LogP contribution in [-0.2, 0) is 21.4 Å². The second kappa shape index (κ2) is 8.81. The molecule has 9 heteroatoms. The molecule has 0 aliphatic rings. The van der Waals surface area contributed by atoms with Crippen LogP contribution in [0.2, 0.25) is 0 Å². The number of hydrogen-bond donors (Lipinski definition) is 1. The van der Waals surface area contributed by atoms with Gasteiger partial charge >= 0.3 is 0 Å². The van der Waals surface area contributed by atoms with E-state index in [0.29, 0.717) is 6.54 Å². The summed E-state index contributed by atoms with van der Waals surface area (Å²) in [6.45, 7) is 2.73. The lowest BCUT2D eigenvalue weighted by atomic mass is 10.2. The standard InChI is InChI=1S/C17H24N4O4S/c1-14-5-6-15(25-3)16(11-14)26(23,24)20(2)12-17(22)19-7-4-9-21-10-8-18-13-21/h5-6,8,10-11,13H,4,7,9,12H2,1-3H3,(H,19,22). The SMILES string of the molecule is COc1ccc(C)cc1S(=O)(=O)N(C)CC(=O)NCCCn1ccnc1. The fraction of sp³-hybridized carbons (Fsp3) is 0.412. The van der Waals surface area contributed by atoms with Crippen molar-refractivity contribution in [3.63, 3.8) is 0 Å². The zero-order valence-electron chi connectivity index (χ0n) is 15.2. The Morgan fingerprint density at radius 1 is 1.38 bits per heavy atom. The highest BCUT2D eigenvalue weighted by molar-refractivity contribution is 7.89. The molecule has 0 atom stereocenters. The van der Waals surface area contributed by atoms with E-state index in [1.165, 1.54) is 20.2 Å². The summed E-state index contributed by atoms with van der Waals surface area (Å²) in [6, 6.07) is 4.91. The summed E-state index contributed by atoms with van der Waals surface area (Å²) in [5.74, 6) is -0.100. The zero-order valence-corrected chi connectivity index (χ0v) is 16.0. The van der Waals surface area contributed by atoms with E-state index in [2.05, 4.69) is 10.3 Å². The molecule has 0 aliphatic carbocycles. The second-order valence-corrected chi connectivity index (χ2v) is 7.93. The van der Waals surface area contributed by atoms with Gasteiger partial charge in [0.05, 0.1) is 20.0 Å². The monoisotopic (exact) mass is 380 g/mol. The van der Waals surface area contributed by atoms with E-state index < -0.39 is 10.0 Å². The lowest BCUT2D eigenvalue weighted by molar-refractivity contribution is -0.121. The second-order valence-electron chi connectivity index (χ2n) is 5.92. The number of aryl methyl sites for hydroxylation is 2. The molecule has 0 saturated heterocycles. The van der Waals surface area contributed by atoms with E-state index in [1.54, 1.807) is 31.6 Å². The van der Waals surface area contributed by atoms with Crippen molar-refractivity contribution in [1.29, 1.82) is 0 Å². The third kappa shape index (κ3) is 5.06. The summed E-state index contributed by atoms with van der Waals surface area (Å²) in [4.78, 5) is 16.0. The number of likely N-dealkylation sites (N-methyl/N-ethyl adjacent to an activating group) is 1. The number of carbonyl (C=O) groups is 1. The van der Waals surface area contributed by atoms with Crippen LogP contribution in [0.15, 0.2) is 41.8 Å². The molecule has 0 saturated carbocycles. The average molecular weight is 380 g/mol. The highest BCUT2D eigenvalue weighted by Crippen LogP contribution is 2.26. The Labute approximate surface area is 153 Å². The fourth-order valence-electron chi connectivity index (χ4n) is 2.40. The first-order valence-electron chi connectivity index (χ1n) is 8.18. The number of amides is 1. The minimum absolute atomic E-state index is 0.0513. The number of aromatic nitrogens is 2. The van der Waals surface area contributed by atoms with Gasteiger partial charge in [-0.05, 0) is 31.0 Å². The predicted octanol–water partition coefficient (Wildman–Crippen LogP) is 1.03. The Bertz CT molecular complexity index is 834. The summed E-state index contributed by atoms with van der Waals surface area (Å²) in [5, 5.41) is 2.73. The molecule has 0 fully saturated rings. The number of hydrogen-bond acceptors (Lipinski definition) is 5. The molecule has 26 heavy (non-hydrogen) atoms. The number of nitrogens with zero attached hydrogens (tertiary/aromatic N) is 3. The summed E-state index contributed by atoms with van der Waals surface area (Å²) in [6.07, 6.45) is 5.97. The van der Waals surface area contributed by atoms with Gasteiger partial charge in [0.15, 0.2) is 0 Å². The number of nitrogens with one attached hydrogen (secondary N) is 1. The van der Waals surface area contributed by atoms with Crippen LogP contribution in [0, 0.1) is 6.92 Å². The number of methoxy groups -OCH3 is 1. The Hall–Kier alpha value is -2.39. The maximum Gasteiger partial charge on any atom is 0.246 e. The summed E-state index contributed by atoms with van der Waals surface area (Å²) < 4.78 is 33.6. The molecular formula is C17H24N4O4S. The van der Waals surface area contributed by atoms with Gasteiger partial charge in [-0.1, -0.05) is 6.07 Å². The smallest absolute Gasteiger partial charge is 0.246 e. The van der Waals surface area contributed by atoms with Gasteiger partial charge in [0.25, 0.3) is 0 Å². The molecule has 8 nitrogen and oxygen atoms in total. The number of benzene rings is 1. The number of rotatable bonds is 9. The van der Waals surface area contributed by atoms with Crippen LogP contribution in [0.5, 0.6) is 5.75 Å². The molecule has 0 radical (unpaired) electrons. The summed E-state index contributed by atoms with van der Waals surface area (Å²) in [5.41, 5.74) is 0.793. The Morgan fingerprint density at radius 2 is 2.15 bits per heavy atom. The van der Waals surface area contributed by atoms with Crippen molar-refractivity contribution in [2.45, 2.75) is 24.8 Å². The molecule has 0 aliphatic heterocycles. The lowest BCUT2D eigenvalue weighted by Gasteiger charge is -2.19. The molecule has 1 heterocycles. The van der Waals surface area contributed by atoms with Crippen LogP contribution < -0.4 is 10.1 Å². The normalized spacial score (nSPS) is 11.5. The quantitative estimate of drug-likeness (QED) is 0.656. The maximum atomic E-state index is 12.7. The van der Waals surface area contributed by atoms with E-state index >= 15 is 0 Å². The third-order valence-corrected chi connectivity index (χ3v) is 5.67. The van der Waals surface area contributed by atoms with Gasteiger partial charge in [0, 0.05) is 32.5 Å². The molecule has 1 amide bonds. The molecular weight excluding hydrogens is 356 g/mol. The lowest BCUT2D eigenvalue weighted by Crippen LogP contribution is -2.38. The van der Waals surface area contributed by atoms with Crippen LogP contribution >= 0.6 is 0 Å². The topological polar surface area (TPSA) is 93.5 Å². The van der Waals surface area contributed by atoms with Gasteiger partial charge < -0.3 is 14.6 Å². The average Bonchev–Trinajstić information content (AvgIpc) is 3.12. The first-order chi connectivity index (χ1) is 12.3. The summed E-state index contributed by atoms with van der Waals surface area (Å²) >= 11 is 0. The van der Waals surface area contributed by atoms with Crippen molar-refractivity contribution in [3.8, 4) is 5.75 Å². The molecule has 0 spiro atoms. The van der Waals surface area contributed by atoms with E-state index in [4.69, 9.17) is 4.74 Å². The van der Waals surface area contributed by atoms with Gasteiger partial charge in [-0.15, -0.1) is 0 Å². The molecule has 142 valence electrons. The fourth-order valence-corrected chi connectivity index (χ4v) is 3.77. The molecule has 2 aromatic rings. The number of sulfonamides is 1. The van der Waals surface area contributed by atoms with E-state index in [-0.39, 0.29) is 23.1 Å². The molecule has 2 rings (SSSR count). The summed E-state index contributed by atoms with van der Waals surface area (Å²) in [7, 11) is -1.04. The van der Waals surface area contributed by atoms with Gasteiger partial charge in [0.2, 0.25) is 15.9 Å². The number of imidazole rings is 1. The Morgan fingerprint density at radius 3 is 2.81 bits per heavy atom. The van der Waals surface area contributed by atoms with Crippen LogP contribution in [-0.4, -0.2) is 55.4 Å². The Balaban J connectivity index is 1.92. The van der Waals surface area contributed by atoms with Crippen molar-refractivity contribution < 1.29 is 17.9 Å². The first kappa shape index (κ1) is 19.9. The van der Waals surface area contributed by atoms with Crippen LogP contribution in [0.25, 0.3) is 0 Å². The van der Waals surface area contributed by atoms with Gasteiger partial charge in [-0.3, -0.25) is 4.79 Å². The molecule has 0 bridgehead atoms. The largest absolute Gasteiger partial charge is 0.495 e. The first-order valence-corrected chi connectivity index (χ1v) is 9.62. The van der Waals surface area contributed by atoms with Crippen molar-refractivity contribution in [2.75, 3.05) is 27.2 Å². The van der Waals surface area contributed by atoms with E-state index in [0.717, 1.165) is 22.8 Å². The predicted molar refractivity (Wildman–Crippen MR) is 97.4 cm³/mol. The highest BCUT2D eigenvalue weighted by atomic mass is 32.2. The van der Waals surface area contributed by atoms with E-state index in [1.807, 2.05) is 10.8 Å².